The minimum atomic E-state index is -0.501. The van der Waals surface area contributed by atoms with E-state index in [0.29, 0.717) is 30.2 Å². The maximum Gasteiger partial charge on any atom is 0.293 e. The number of amides is 1. The zero-order chi connectivity index (χ0) is 23.4. The zero-order valence-electron chi connectivity index (χ0n) is 18.3. The number of aromatic nitrogens is 1. The number of anilines is 1. The summed E-state index contributed by atoms with van der Waals surface area (Å²) in [6.07, 6.45) is 3.16. The molecule has 1 aromatic heterocycles. The van der Waals surface area contributed by atoms with Gasteiger partial charge in [-0.25, -0.2) is 0 Å². The third-order valence-corrected chi connectivity index (χ3v) is 7.16. The van der Waals surface area contributed by atoms with E-state index in [1.165, 1.54) is 17.4 Å². The maximum atomic E-state index is 13.1. The summed E-state index contributed by atoms with van der Waals surface area (Å²) in [6.45, 7) is 5.16. The topological polar surface area (TPSA) is 90.0 Å². The lowest BCUT2D eigenvalue weighted by atomic mass is 10.1. The lowest BCUT2D eigenvalue weighted by molar-refractivity contribution is -0.384. The Morgan fingerprint density at radius 3 is 2.73 bits per heavy atom. The first-order valence-electron chi connectivity index (χ1n) is 11.0. The lowest BCUT2D eigenvalue weighted by Crippen LogP contribution is -2.30. The van der Waals surface area contributed by atoms with Gasteiger partial charge >= 0.3 is 0 Å². The van der Waals surface area contributed by atoms with Crippen LogP contribution in [-0.4, -0.2) is 41.7 Å². The standard InChI is InChI=1S/C23H25BrN4O4S/c1-2-32-13-12-27-19-9-7-17(24)15-21(19)33-23(27)25-22(29)16-6-8-18(20(14-16)28(30)31)26-10-4-3-5-11-26/h6-9,14-15H,2-5,10-13H2,1H3. The number of nitro groups is 1. The van der Waals surface area contributed by atoms with E-state index in [4.69, 9.17) is 4.74 Å². The summed E-state index contributed by atoms with van der Waals surface area (Å²) in [4.78, 5) is 31.3. The van der Waals surface area contributed by atoms with Gasteiger partial charge in [0, 0.05) is 42.3 Å². The molecule has 1 fully saturated rings. The molecule has 0 saturated carbocycles. The van der Waals surface area contributed by atoms with E-state index in [-0.39, 0.29) is 11.3 Å². The molecule has 2 heterocycles. The fourth-order valence-electron chi connectivity index (χ4n) is 4.00. The number of ether oxygens (including phenoxy) is 1. The fourth-order valence-corrected chi connectivity index (χ4v) is 5.61. The fraction of sp³-hybridized carbons (Fsp3) is 0.391. The Morgan fingerprint density at radius 2 is 2.00 bits per heavy atom. The van der Waals surface area contributed by atoms with Crippen molar-refractivity contribution in [3.05, 3.63) is 61.4 Å². The second-order valence-corrected chi connectivity index (χ2v) is 9.70. The summed E-state index contributed by atoms with van der Waals surface area (Å²) < 4.78 is 9.39. The minimum Gasteiger partial charge on any atom is -0.380 e. The largest absolute Gasteiger partial charge is 0.380 e. The average molecular weight is 533 g/mol. The molecule has 1 saturated heterocycles. The van der Waals surface area contributed by atoms with Crippen LogP contribution < -0.4 is 9.70 Å². The molecule has 0 aliphatic carbocycles. The van der Waals surface area contributed by atoms with Crippen molar-refractivity contribution in [2.75, 3.05) is 31.2 Å². The number of carbonyl (C=O) groups excluding carboxylic acids is 1. The summed E-state index contributed by atoms with van der Waals surface area (Å²) in [6, 6.07) is 10.6. The maximum absolute atomic E-state index is 13.1. The number of hydrogen-bond donors (Lipinski definition) is 0. The Morgan fingerprint density at radius 1 is 1.21 bits per heavy atom. The second-order valence-electron chi connectivity index (χ2n) is 7.77. The molecule has 4 rings (SSSR count). The van der Waals surface area contributed by atoms with Gasteiger partial charge in [-0.05, 0) is 56.5 Å². The second kappa shape index (κ2) is 10.6. The van der Waals surface area contributed by atoms with Crippen LogP contribution >= 0.6 is 27.3 Å². The van der Waals surface area contributed by atoms with E-state index in [9.17, 15) is 14.9 Å². The molecule has 0 N–H and O–H groups in total. The molecule has 10 heteroatoms. The van der Waals surface area contributed by atoms with Crippen molar-refractivity contribution >= 4 is 54.8 Å². The first-order valence-corrected chi connectivity index (χ1v) is 12.6. The van der Waals surface area contributed by atoms with Crippen molar-refractivity contribution in [1.82, 2.24) is 4.57 Å². The van der Waals surface area contributed by atoms with Gasteiger partial charge in [-0.2, -0.15) is 4.99 Å². The van der Waals surface area contributed by atoms with Gasteiger partial charge in [0.25, 0.3) is 11.6 Å². The number of rotatable bonds is 7. The molecule has 8 nitrogen and oxygen atoms in total. The Bertz CT molecular complexity index is 1250. The first-order chi connectivity index (χ1) is 16.0. The number of hydrogen-bond acceptors (Lipinski definition) is 6. The molecule has 0 unspecified atom stereocenters. The normalized spacial score (nSPS) is 14.7. The van der Waals surface area contributed by atoms with Gasteiger partial charge < -0.3 is 14.2 Å². The van der Waals surface area contributed by atoms with Crippen molar-refractivity contribution in [3.63, 3.8) is 0 Å². The Kier molecular flexibility index (Phi) is 7.56. The summed E-state index contributed by atoms with van der Waals surface area (Å²) in [5.74, 6) is -0.501. The molecule has 174 valence electrons. The lowest BCUT2D eigenvalue weighted by Gasteiger charge is -2.28. The van der Waals surface area contributed by atoms with E-state index in [2.05, 4.69) is 20.9 Å². The van der Waals surface area contributed by atoms with E-state index < -0.39 is 10.8 Å². The molecule has 1 aliphatic heterocycles. The van der Waals surface area contributed by atoms with Gasteiger partial charge in [-0.1, -0.05) is 27.3 Å². The van der Waals surface area contributed by atoms with Gasteiger partial charge in [0.2, 0.25) is 0 Å². The van der Waals surface area contributed by atoms with Crippen LogP contribution in [0.1, 0.15) is 36.5 Å². The highest BCUT2D eigenvalue weighted by molar-refractivity contribution is 9.10. The Balaban J connectivity index is 1.72. The summed E-state index contributed by atoms with van der Waals surface area (Å²) >= 11 is 4.89. The molecular formula is C23H25BrN4O4S. The van der Waals surface area contributed by atoms with E-state index in [1.807, 2.05) is 34.6 Å². The van der Waals surface area contributed by atoms with Crippen LogP contribution in [0.4, 0.5) is 11.4 Å². The van der Waals surface area contributed by atoms with Gasteiger partial charge in [-0.15, -0.1) is 0 Å². The van der Waals surface area contributed by atoms with E-state index in [1.54, 1.807) is 12.1 Å². The molecule has 2 aromatic carbocycles. The quantitative estimate of drug-likeness (QED) is 0.238. The van der Waals surface area contributed by atoms with Gasteiger partial charge in [-0.3, -0.25) is 14.9 Å². The van der Waals surface area contributed by atoms with Crippen molar-refractivity contribution in [1.29, 1.82) is 0 Å². The predicted molar refractivity (Wildman–Crippen MR) is 133 cm³/mol. The number of piperidine rings is 1. The smallest absolute Gasteiger partial charge is 0.293 e. The van der Waals surface area contributed by atoms with Crippen LogP contribution in [0.5, 0.6) is 0 Å². The monoisotopic (exact) mass is 532 g/mol. The highest BCUT2D eigenvalue weighted by atomic mass is 79.9. The molecule has 33 heavy (non-hydrogen) atoms. The summed E-state index contributed by atoms with van der Waals surface area (Å²) in [5.41, 5.74) is 1.68. The number of fused-ring (bicyclic) bond motifs is 1. The number of thiazole rings is 1. The van der Waals surface area contributed by atoms with Gasteiger partial charge in [0.15, 0.2) is 4.80 Å². The Hall–Kier alpha value is -2.56. The van der Waals surface area contributed by atoms with Gasteiger partial charge in [0.05, 0.1) is 21.7 Å². The number of benzene rings is 2. The van der Waals surface area contributed by atoms with Crippen LogP contribution in [-0.2, 0) is 11.3 Å². The molecule has 1 amide bonds. The van der Waals surface area contributed by atoms with Crippen LogP contribution in [0, 0.1) is 10.1 Å². The third kappa shape index (κ3) is 5.34. The number of nitrogens with zero attached hydrogens (tertiary/aromatic N) is 4. The van der Waals surface area contributed by atoms with Gasteiger partial charge in [0.1, 0.15) is 5.69 Å². The zero-order valence-corrected chi connectivity index (χ0v) is 20.7. The minimum absolute atomic E-state index is 0.0533. The highest BCUT2D eigenvalue weighted by Gasteiger charge is 2.23. The first kappa shape index (κ1) is 23.6. The van der Waals surface area contributed by atoms with Crippen LogP contribution in [0.15, 0.2) is 45.9 Å². The molecule has 0 bridgehead atoms. The predicted octanol–water partition coefficient (Wildman–Crippen LogP) is 5.14. The van der Waals surface area contributed by atoms with E-state index in [0.717, 1.165) is 47.0 Å². The van der Waals surface area contributed by atoms with Crippen molar-refractivity contribution in [3.8, 4) is 0 Å². The van der Waals surface area contributed by atoms with Crippen molar-refractivity contribution < 1.29 is 14.5 Å². The SMILES string of the molecule is CCOCCn1c(=NC(=O)c2ccc(N3CCCCC3)c([N+](=O)[O-])c2)sc2cc(Br)ccc21. The third-order valence-electron chi connectivity index (χ3n) is 5.62. The number of carbonyl (C=O) groups is 1. The number of nitro benzene ring substituents is 1. The number of halogens is 1. The molecule has 0 radical (unpaired) electrons. The van der Waals surface area contributed by atoms with Crippen molar-refractivity contribution in [2.24, 2.45) is 4.99 Å². The van der Waals surface area contributed by atoms with Crippen LogP contribution in [0.25, 0.3) is 10.2 Å². The average Bonchev–Trinajstić information content (AvgIpc) is 3.15. The molecule has 1 aliphatic rings. The molecule has 0 spiro atoms. The van der Waals surface area contributed by atoms with Crippen LogP contribution in [0.3, 0.4) is 0 Å². The van der Waals surface area contributed by atoms with Crippen LogP contribution in [0.2, 0.25) is 0 Å². The van der Waals surface area contributed by atoms with Crippen molar-refractivity contribution in [2.45, 2.75) is 32.7 Å². The Labute approximate surface area is 203 Å². The molecule has 0 atom stereocenters. The summed E-state index contributed by atoms with van der Waals surface area (Å²) in [5, 5.41) is 11.8. The van der Waals surface area contributed by atoms with E-state index >= 15 is 0 Å². The molecular weight excluding hydrogens is 508 g/mol. The molecule has 3 aromatic rings. The highest BCUT2D eigenvalue weighted by Crippen LogP contribution is 2.31. The summed E-state index contributed by atoms with van der Waals surface area (Å²) in [7, 11) is 0.